The van der Waals surface area contributed by atoms with Crippen LogP contribution in [0.25, 0.3) is 10.7 Å². The van der Waals surface area contributed by atoms with E-state index >= 15 is 0 Å². The van der Waals surface area contributed by atoms with Gasteiger partial charge in [0.15, 0.2) is 0 Å². The minimum Gasteiger partial charge on any atom is -0.241 e. The van der Waals surface area contributed by atoms with Gasteiger partial charge in [-0.1, -0.05) is 6.07 Å². The summed E-state index contributed by atoms with van der Waals surface area (Å²) in [5.41, 5.74) is 8.08. The number of aromatic nitrogens is 2. The summed E-state index contributed by atoms with van der Waals surface area (Å²) in [5, 5.41) is 9.47. The van der Waals surface area contributed by atoms with Crippen LogP contribution in [-0.2, 0) is 6.18 Å². The highest BCUT2D eigenvalue weighted by atomic mass is 32.1. The lowest BCUT2D eigenvalue weighted by molar-refractivity contribution is -0.141. The molecule has 10 heteroatoms. The van der Waals surface area contributed by atoms with E-state index in [1.165, 1.54) is 23.5 Å². The van der Waals surface area contributed by atoms with Crippen LogP contribution >= 0.6 is 11.3 Å². The third kappa shape index (κ3) is 3.04. The van der Waals surface area contributed by atoms with Gasteiger partial charge in [-0.05, 0) is 19.1 Å². The SMILES string of the molecule is Cc1sc(-c2cccc(C(F)(F)F)n2)nc1C1NNNC1C#N. The lowest BCUT2D eigenvalue weighted by Crippen LogP contribution is -2.32. The molecule has 2 atom stereocenters. The van der Waals surface area contributed by atoms with Gasteiger partial charge in [-0.2, -0.15) is 24.0 Å². The summed E-state index contributed by atoms with van der Waals surface area (Å²) >= 11 is 1.24. The Morgan fingerprint density at radius 3 is 2.74 bits per heavy atom. The van der Waals surface area contributed by atoms with E-state index in [9.17, 15) is 13.2 Å². The quantitative estimate of drug-likeness (QED) is 0.776. The molecule has 1 fully saturated rings. The zero-order chi connectivity index (χ0) is 16.6. The molecule has 0 aromatic carbocycles. The molecule has 3 rings (SSSR count). The molecule has 0 radical (unpaired) electrons. The van der Waals surface area contributed by atoms with Gasteiger partial charge in [-0.15, -0.1) is 11.3 Å². The largest absolute Gasteiger partial charge is 0.433 e. The van der Waals surface area contributed by atoms with Crippen molar-refractivity contribution < 1.29 is 13.2 Å². The molecule has 1 aliphatic heterocycles. The predicted octanol–water partition coefficient (Wildman–Crippen LogP) is 2.08. The molecular weight excluding hydrogens is 329 g/mol. The number of hydrazine groups is 2. The maximum atomic E-state index is 12.8. The number of alkyl halides is 3. The van der Waals surface area contributed by atoms with Gasteiger partial charge in [0.05, 0.1) is 23.5 Å². The molecule has 3 N–H and O–H groups in total. The van der Waals surface area contributed by atoms with E-state index in [1.54, 1.807) is 6.92 Å². The summed E-state index contributed by atoms with van der Waals surface area (Å²) in [5.74, 6) is 0. The Morgan fingerprint density at radius 2 is 2.04 bits per heavy atom. The van der Waals surface area contributed by atoms with Crippen molar-refractivity contribution in [1.82, 2.24) is 26.4 Å². The molecule has 6 nitrogen and oxygen atoms in total. The van der Waals surface area contributed by atoms with Crippen LogP contribution in [0.1, 0.15) is 22.3 Å². The molecule has 0 amide bonds. The van der Waals surface area contributed by atoms with Crippen molar-refractivity contribution in [2.75, 3.05) is 0 Å². The van der Waals surface area contributed by atoms with Crippen LogP contribution in [0.3, 0.4) is 0 Å². The number of pyridine rings is 1. The molecule has 0 aliphatic carbocycles. The Morgan fingerprint density at radius 1 is 1.26 bits per heavy atom. The lowest BCUT2D eigenvalue weighted by Gasteiger charge is -2.09. The van der Waals surface area contributed by atoms with Gasteiger partial charge in [-0.3, -0.25) is 0 Å². The van der Waals surface area contributed by atoms with Crippen molar-refractivity contribution in [2.45, 2.75) is 25.2 Å². The Bertz CT molecular complexity index is 766. The van der Waals surface area contributed by atoms with Gasteiger partial charge in [0.25, 0.3) is 0 Å². The second kappa shape index (κ2) is 5.86. The minimum absolute atomic E-state index is 0.159. The van der Waals surface area contributed by atoms with Crippen molar-refractivity contribution in [2.24, 2.45) is 0 Å². The summed E-state index contributed by atoms with van der Waals surface area (Å²) in [6, 6.07) is 4.87. The molecule has 1 saturated heterocycles. The Labute approximate surface area is 133 Å². The van der Waals surface area contributed by atoms with Crippen molar-refractivity contribution in [3.63, 3.8) is 0 Å². The van der Waals surface area contributed by atoms with Crippen molar-refractivity contribution in [3.8, 4) is 16.8 Å². The van der Waals surface area contributed by atoms with Gasteiger partial charge >= 0.3 is 6.18 Å². The molecule has 120 valence electrons. The number of hydrogen-bond acceptors (Lipinski definition) is 7. The fourth-order valence-corrected chi connectivity index (χ4v) is 3.14. The van der Waals surface area contributed by atoms with E-state index in [4.69, 9.17) is 5.26 Å². The molecule has 0 saturated carbocycles. The fraction of sp³-hybridized carbons (Fsp3) is 0.308. The monoisotopic (exact) mass is 340 g/mol. The number of thiazole rings is 1. The average Bonchev–Trinajstić information content (AvgIpc) is 3.12. The normalized spacial score (nSPS) is 21.3. The Balaban J connectivity index is 1.97. The predicted molar refractivity (Wildman–Crippen MR) is 76.6 cm³/mol. The third-order valence-corrected chi connectivity index (χ3v) is 4.32. The van der Waals surface area contributed by atoms with E-state index in [1.807, 2.05) is 0 Å². The standard InChI is InChI=1S/C13H11F3N6S/c1-6-10(11-8(5-17)20-22-21-11)19-12(23-6)7-3-2-4-9(18-7)13(14,15)16/h2-4,8,11,20-22H,1H3. The summed E-state index contributed by atoms with van der Waals surface area (Å²) in [4.78, 5) is 8.83. The first-order valence-electron chi connectivity index (χ1n) is 6.58. The molecule has 3 heterocycles. The number of hydrogen-bond donors (Lipinski definition) is 3. The first-order chi connectivity index (χ1) is 10.9. The first kappa shape index (κ1) is 15.8. The van der Waals surface area contributed by atoms with E-state index in [2.05, 4.69) is 32.4 Å². The van der Waals surface area contributed by atoms with Crippen molar-refractivity contribution >= 4 is 11.3 Å². The Hall–Kier alpha value is -2.06. The summed E-state index contributed by atoms with van der Waals surface area (Å²) in [6.07, 6.45) is -4.50. The molecule has 0 bridgehead atoms. The van der Waals surface area contributed by atoms with Gasteiger partial charge in [0, 0.05) is 4.88 Å². The number of nitriles is 1. The van der Waals surface area contributed by atoms with E-state index in [-0.39, 0.29) is 5.69 Å². The number of nitrogens with zero attached hydrogens (tertiary/aromatic N) is 3. The lowest BCUT2D eigenvalue weighted by atomic mass is 10.1. The third-order valence-electron chi connectivity index (χ3n) is 3.31. The molecule has 2 aromatic rings. The number of nitrogens with one attached hydrogen (secondary N) is 3. The van der Waals surface area contributed by atoms with E-state index < -0.39 is 24.0 Å². The first-order valence-corrected chi connectivity index (χ1v) is 7.39. The maximum Gasteiger partial charge on any atom is 0.433 e. The number of aryl methyl sites for hydroxylation is 1. The topological polar surface area (TPSA) is 85.7 Å². The number of halogens is 3. The average molecular weight is 340 g/mol. The van der Waals surface area contributed by atoms with Crippen LogP contribution in [0, 0.1) is 18.3 Å². The van der Waals surface area contributed by atoms with Crippen LogP contribution in [0.15, 0.2) is 18.2 Å². The molecule has 0 spiro atoms. The van der Waals surface area contributed by atoms with Crippen LogP contribution < -0.4 is 16.4 Å². The summed E-state index contributed by atoms with van der Waals surface area (Å²) in [7, 11) is 0. The molecule has 2 aromatic heterocycles. The summed E-state index contributed by atoms with van der Waals surface area (Å²) in [6.45, 7) is 1.80. The van der Waals surface area contributed by atoms with Gasteiger partial charge in [0.2, 0.25) is 0 Å². The van der Waals surface area contributed by atoms with E-state index in [0.29, 0.717) is 10.7 Å². The number of rotatable bonds is 2. The zero-order valence-corrected chi connectivity index (χ0v) is 12.6. The van der Waals surface area contributed by atoms with Crippen LogP contribution in [0.2, 0.25) is 0 Å². The smallest absolute Gasteiger partial charge is 0.241 e. The van der Waals surface area contributed by atoms with Crippen LogP contribution in [0.5, 0.6) is 0 Å². The minimum atomic E-state index is -4.50. The highest BCUT2D eigenvalue weighted by Crippen LogP contribution is 2.33. The second-order valence-electron chi connectivity index (χ2n) is 4.86. The maximum absolute atomic E-state index is 12.8. The molecule has 2 unspecified atom stereocenters. The zero-order valence-electron chi connectivity index (χ0n) is 11.8. The van der Waals surface area contributed by atoms with Gasteiger partial charge in [0.1, 0.15) is 16.7 Å². The van der Waals surface area contributed by atoms with Crippen LogP contribution in [0.4, 0.5) is 13.2 Å². The highest BCUT2D eigenvalue weighted by Gasteiger charge is 2.34. The van der Waals surface area contributed by atoms with Gasteiger partial charge in [-0.25, -0.2) is 20.8 Å². The summed E-state index contributed by atoms with van der Waals surface area (Å²) < 4.78 is 38.3. The second-order valence-corrected chi connectivity index (χ2v) is 6.07. The van der Waals surface area contributed by atoms with Crippen LogP contribution in [-0.4, -0.2) is 16.0 Å². The molecule has 23 heavy (non-hydrogen) atoms. The fourth-order valence-electron chi connectivity index (χ4n) is 2.21. The molecular formula is C13H11F3N6S. The van der Waals surface area contributed by atoms with Crippen molar-refractivity contribution in [3.05, 3.63) is 34.5 Å². The van der Waals surface area contributed by atoms with Crippen molar-refractivity contribution in [1.29, 1.82) is 5.26 Å². The molecule has 1 aliphatic rings. The van der Waals surface area contributed by atoms with Gasteiger partial charge < -0.3 is 0 Å². The Kier molecular flexibility index (Phi) is 4.03. The van der Waals surface area contributed by atoms with E-state index in [0.717, 1.165) is 10.9 Å². The highest BCUT2D eigenvalue weighted by molar-refractivity contribution is 7.15.